The van der Waals surface area contributed by atoms with Gasteiger partial charge >= 0.3 is 0 Å². The van der Waals surface area contributed by atoms with Crippen LogP contribution in [0.3, 0.4) is 0 Å². The van der Waals surface area contributed by atoms with Crippen molar-refractivity contribution in [1.29, 1.82) is 0 Å². The van der Waals surface area contributed by atoms with Crippen molar-refractivity contribution in [3.8, 4) is 0 Å². The molecule has 0 radical (unpaired) electrons. The number of aliphatic hydroxyl groups is 3. The first-order valence-electron chi connectivity index (χ1n) is 9.39. The zero-order chi connectivity index (χ0) is 18.9. The van der Waals surface area contributed by atoms with Crippen LogP contribution in [-0.2, 0) is 9.59 Å². The number of hydrogen-bond acceptors (Lipinski definition) is 5. The van der Waals surface area contributed by atoms with Gasteiger partial charge in [-0.2, -0.15) is 0 Å². The van der Waals surface area contributed by atoms with Crippen molar-refractivity contribution in [1.82, 2.24) is 0 Å². The molecule has 4 aliphatic rings. The van der Waals surface area contributed by atoms with Crippen molar-refractivity contribution >= 4 is 11.6 Å². The molecule has 0 aromatic rings. The summed E-state index contributed by atoms with van der Waals surface area (Å²) in [6, 6.07) is 0. The molecule has 1 fully saturated rings. The molecule has 0 spiro atoms. The van der Waals surface area contributed by atoms with Crippen LogP contribution in [-0.4, -0.2) is 45.2 Å². The van der Waals surface area contributed by atoms with Gasteiger partial charge in [-0.15, -0.1) is 0 Å². The van der Waals surface area contributed by atoms with E-state index in [2.05, 4.69) is 0 Å². The minimum absolute atomic E-state index is 0.00537. The molecule has 5 atom stereocenters. The zero-order valence-corrected chi connectivity index (χ0v) is 15.3. The summed E-state index contributed by atoms with van der Waals surface area (Å²) in [4.78, 5) is 24.1. The predicted octanol–water partition coefficient (Wildman–Crippen LogP) is 1.62. The van der Waals surface area contributed by atoms with Crippen molar-refractivity contribution in [2.24, 2.45) is 16.7 Å². The molecule has 0 aromatic carbocycles. The molecule has 3 N–H and O–H groups in total. The van der Waals surface area contributed by atoms with E-state index >= 15 is 0 Å². The van der Waals surface area contributed by atoms with E-state index in [4.69, 9.17) is 0 Å². The van der Waals surface area contributed by atoms with Crippen LogP contribution < -0.4 is 0 Å². The van der Waals surface area contributed by atoms with Gasteiger partial charge in [0.25, 0.3) is 0 Å². The lowest BCUT2D eigenvalue weighted by atomic mass is 9.53. The third-order valence-corrected chi connectivity index (χ3v) is 7.62. The Hall–Kier alpha value is -1.56. The lowest BCUT2D eigenvalue weighted by Gasteiger charge is -2.53. The quantitative estimate of drug-likeness (QED) is 0.652. The topological polar surface area (TPSA) is 94.8 Å². The SMILES string of the molecule is C[C@]12C=CC(=O)C=C1CCC1=C2[C@@H](O)C[C@@]2(C)C1CC[C@]2(O)C(=O)CO. The largest absolute Gasteiger partial charge is 0.389 e. The summed E-state index contributed by atoms with van der Waals surface area (Å²) in [6.45, 7) is 3.23. The van der Waals surface area contributed by atoms with Crippen molar-refractivity contribution < 1.29 is 24.9 Å². The fraction of sp³-hybridized carbons (Fsp3) is 0.619. The highest BCUT2D eigenvalue weighted by Gasteiger charge is 2.64. The van der Waals surface area contributed by atoms with Gasteiger partial charge in [0.05, 0.1) is 6.10 Å². The molecule has 1 saturated carbocycles. The minimum atomic E-state index is -1.60. The number of aliphatic hydroxyl groups excluding tert-OH is 2. The lowest BCUT2D eigenvalue weighted by molar-refractivity contribution is -0.157. The van der Waals surface area contributed by atoms with Gasteiger partial charge in [-0.25, -0.2) is 0 Å². The first kappa shape index (κ1) is 17.8. The summed E-state index contributed by atoms with van der Waals surface area (Å²) in [5, 5.41) is 31.6. The van der Waals surface area contributed by atoms with Crippen molar-refractivity contribution in [2.45, 2.75) is 57.7 Å². The second kappa shape index (κ2) is 5.47. The summed E-state index contributed by atoms with van der Waals surface area (Å²) < 4.78 is 0. The van der Waals surface area contributed by atoms with Gasteiger partial charge in [-0.3, -0.25) is 9.59 Å². The number of carbonyl (C=O) groups is 2. The van der Waals surface area contributed by atoms with Gasteiger partial charge in [0.15, 0.2) is 11.6 Å². The second-order valence-corrected chi connectivity index (χ2v) is 8.72. The number of carbonyl (C=O) groups excluding carboxylic acids is 2. The average Bonchev–Trinajstić information content (AvgIpc) is 2.86. The van der Waals surface area contributed by atoms with Crippen LogP contribution in [0.5, 0.6) is 0 Å². The Bertz CT molecular complexity index is 790. The number of rotatable bonds is 2. The van der Waals surface area contributed by atoms with E-state index in [1.165, 1.54) is 0 Å². The van der Waals surface area contributed by atoms with Gasteiger partial charge in [0.1, 0.15) is 12.2 Å². The first-order valence-corrected chi connectivity index (χ1v) is 9.39. The Kier molecular flexibility index (Phi) is 3.75. The van der Waals surface area contributed by atoms with Crippen LogP contribution in [0.15, 0.2) is 34.9 Å². The Morgan fingerprint density at radius 2 is 2.04 bits per heavy atom. The molecule has 1 unspecified atom stereocenters. The highest BCUT2D eigenvalue weighted by atomic mass is 16.3. The molecule has 0 heterocycles. The lowest BCUT2D eigenvalue weighted by Crippen LogP contribution is -2.56. The van der Waals surface area contributed by atoms with Gasteiger partial charge < -0.3 is 15.3 Å². The zero-order valence-electron chi connectivity index (χ0n) is 15.3. The monoisotopic (exact) mass is 358 g/mol. The summed E-state index contributed by atoms with van der Waals surface area (Å²) in [6.07, 6.45) is 7.11. The Morgan fingerprint density at radius 3 is 2.73 bits per heavy atom. The standard InChI is InChI=1S/C21H26O5/c1-19-7-5-13(23)9-12(19)3-4-14-15-6-8-21(26,17(25)11-22)20(15,2)10-16(24)18(14)19/h5,7,9,15-16,22,24,26H,3-4,6,8,10-11H2,1-2H3/t15?,16-,19-,20-,21-/m0/s1. The molecular formula is C21H26O5. The van der Waals surface area contributed by atoms with Crippen LogP contribution in [0.2, 0.25) is 0 Å². The fourth-order valence-corrected chi connectivity index (χ4v) is 6.19. The van der Waals surface area contributed by atoms with E-state index in [1.807, 2.05) is 19.9 Å². The van der Waals surface area contributed by atoms with Crippen molar-refractivity contribution in [2.75, 3.05) is 6.61 Å². The number of hydrogen-bond donors (Lipinski definition) is 3. The smallest absolute Gasteiger partial charge is 0.190 e. The summed E-state index contributed by atoms with van der Waals surface area (Å²) in [5.74, 6) is -0.559. The van der Waals surface area contributed by atoms with Gasteiger partial charge in [-0.05, 0) is 62.7 Å². The van der Waals surface area contributed by atoms with E-state index < -0.39 is 34.9 Å². The maximum absolute atomic E-state index is 12.3. The van der Waals surface area contributed by atoms with E-state index in [1.54, 1.807) is 12.2 Å². The number of ketones is 2. The Balaban J connectivity index is 1.85. The maximum atomic E-state index is 12.3. The van der Waals surface area contributed by atoms with Gasteiger partial charge in [0, 0.05) is 10.8 Å². The van der Waals surface area contributed by atoms with Crippen LogP contribution in [0.1, 0.15) is 46.0 Å². The molecule has 5 heteroatoms. The molecule has 0 aromatic heterocycles. The third kappa shape index (κ3) is 2.02. The summed E-state index contributed by atoms with van der Waals surface area (Å²) in [5.41, 5.74) is 0.266. The molecule has 26 heavy (non-hydrogen) atoms. The normalized spacial score (nSPS) is 44.3. The molecular weight excluding hydrogens is 332 g/mol. The van der Waals surface area contributed by atoms with E-state index in [0.717, 1.165) is 29.6 Å². The minimum Gasteiger partial charge on any atom is -0.389 e. The van der Waals surface area contributed by atoms with E-state index in [-0.39, 0.29) is 18.1 Å². The molecule has 0 aliphatic heterocycles. The third-order valence-electron chi connectivity index (χ3n) is 7.62. The maximum Gasteiger partial charge on any atom is 0.190 e. The van der Waals surface area contributed by atoms with Gasteiger partial charge in [-0.1, -0.05) is 24.1 Å². The number of allylic oxidation sites excluding steroid dienone is 5. The van der Waals surface area contributed by atoms with Crippen LogP contribution in [0.25, 0.3) is 0 Å². The molecule has 4 aliphatic carbocycles. The van der Waals surface area contributed by atoms with Crippen LogP contribution in [0, 0.1) is 16.7 Å². The van der Waals surface area contributed by atoms with Gasteiger partial charge in [0.2, 0.25) is 0 Å². The van der Waals surface area contributed by atoms with Crippen molar-refractivity contribution in [3.63, 3.8) is 0 Å². The average molecular weight is 358 g/mol. The van der Waals surface area contributed by atoms with E-state index in [9.17, 15) is 24.9 Å². The van der Waals surface area contributed by atoms with Crippen molar-refractivity contribution in [3.05, 3.63) is 34.9 Å². The molecule has 0 bridgehead atoms. The molecule has 140 valence electrons. The molecule has 4 rings (SSSR count). The van der Waals surface area contributed by atoms with E-state index in [0.29, 0.717) is 12.8 Å². The number of Topliss-reactive ketones (excluding diaryl/α,β-unsaturated/α-hetero) is 1. The van der Waals surface area contributed by atoms with Crippen LogP contribution in [0.4, 0.5) is 0 Å². The predicted molar refractivity (Wildman–Crippen MR) is 95.1 cm³/mol. The fourth-order valence-electron chi connectivity index (χ4n) is 6.19. The van der Waals surface area contributed by atoms with Crippen LogP contribution >= 0.6 is 0 Å². The summed E-state index contributed by atoms with van der Waals surface area (Å²) in [7, 11) is 0. The highest BCUT2D eigenvalue weighted by molar-refractivity contribution is 6.01. The molecule has 0 saturated heterocycles. The first-order chi connectivity index (χ1) is 12.2. The Morgan fingerprint density at radius 1 is 1.31 bits per heavy atom. The highest BCUT2D eigenvalue weighted by Crippen LogP contribution is 2.64. The molecule has 0 amide bonds. The molecule has 5 nitrogen and oxygen atoms in total. The Labute approximate surface area is 153 Å². The number of fused-ring (bicyclic) bond motifs is 4. The second-order valence-electron chi connectivity index (χ2n) is 8.72. The summed E-state index contributed by atoms with van der Waals surface area (Å²) >= 11 is 0.